The van der Waals surface area contributed by atoms with Crippen molar-refractivity contribution in [2.75, 3.05) is 5.73 Å². The largest absolute Gasteiger partial charge is 0.398 e. The molecule has 1 heterocycles. The van der Waals surface area contributed by atoms with E-state index in [1.165, 1.54) is 0 Å². The number of nitrogens with zero attached hydrogens (tertiary/aromatic N) is 1. The minimum Gasteiger partial charge on any atom is -0.398 e. The second-order valence-electron chi connectivity index (χ2n) is 3.01. The maximum atomic E-state index is 5.85. The number of anilines is 1. The number of hydrogen-bond acceptors (Lipinski definition) is 2. The molecule has 1 aromatic heterocycles. The SMILES string of the molecule is Cc1cc(N)c2ccc(Br)cc2n1. The summed E-state index contributed by atoms with van der Waals surface area (Å²) in [4.78, 5) is 4.39. The van der Waals surface area contributed by atoms with Gasteiger partial charge in [0, 0.05) is 21.2 Å². The van der Waals surface area contributed by atoms with Crippen molar-refractivity contribution in [2.24, 2.45) is 0 Å². The Balaban J connectivity index is 2.86. The van der Waals surface area contributed by atoms with Gasteiger partial charge in [-0.15, -0.1) is 0 Å². The summed E-state index contributed by atoms with van der Waals surface area (Å²) in [6, 6.07) is 7.80. The van der Waals surface area contributed by atoms with Crippen LogP contribution < -0.4 is 5.73 Å². The van der Waals surface area contributed by atoms with E-state index in [-0.39, 0.29) is 0 Å². The Morgan fingerprint density at radius 1 is 1.31 bits per heavy atom. The normalized spacial score (nSPS) is 10.6. The number of benzene rings is 1. The number of fused-ring (bicyclic) bond motifs is 1. The van der Waals surface area contributed by atoms with Crippen LogP contribution >= 0.6 is 15.9 Å². The Bertz CT molecular complexity index is 460. The zero-order chi connectivity index (χ0) is 9.42. The highest BCUT2D eigenvalue weighted by Crippen LogP contribution is 2.23. The van der Waals surface area contributed by atoms with Crippen LogP contribution in [0.5, 0.6) is 0 Å². The standard InChI is InChI=1S/C10H9BrN2/c1-6-4-9(12)8-3-2-7(11)5-10(8)13-6/h2-5H,1H3,(H2,12,13). The Hall–Kier alpha value is -1.09. The highest BCUT2D eigenvalue weighted by Gasteiger charge is 2.00. The molecule has 0 aliphatic heterocycles. The highest BCUT2D eigenvalue weighted by molar-refractivity contribution is 9.10. The lowest BCUT2D eigenvalue weighted by atomic mass is 10.2. The fourth-order valence-corrected chi connectivity index (χ4v) is 1.72. The first-order valence-corrected chi connectivity index (χ1v) is 4.78. The molecule has 0 fully saturated rings. The third-order valence-electron chi connectivity index (χ3n) is 1.93. The van der Waals surface area contributed by atoms with Crippen LogP contribution in [-0.2, 0) is 0 Å². The number of hydrogen-bond donors (Lipinski definition) is 1. The monoisotopic (exact) mass is 236 g/mol. The van der Waals surface area contributed by atoms with Crippen molar-refractivity contribution in [2.45, 2.75) is 6.92 Å². The van der Waals surface area contributed by atoms with E-state index in [2.05, 4.69) is 20.9 Å². The van der Waals surface area contributed by atoms with Crippen LogP contribution in [0, 0.1) is 6.92 Å². The summed E-state index contributed by atoms with van der Waals surface area (Å²) in [7, 11) is 0. The third-order valence-corrected chi connectivity index (χ3v) is 2.43. The average molecular weight is 237 g/mol. The van der Waals surface area contributed by atoms with E-state index < -0.39 is 0 Å². The van der Waals surface area contributed by atoms with Gasteiger partial charge in [-0.25, -0.2) is 0 Å². The van der Waals surface area contributed by atoms with Crippen molar-refractivity contribution in [3.05, 3.63) is 34.4 Å². The molecular weight excluding hydrogens is 228 g/mol. The van der Waals surface area contributed by atoms with Gasteiger partial charge in [-0.3, -0.25) is 4.98 Å². The molecule has 0 aliphatic carbocycles. The maximum absolute atomic E-state index is 5.85. The number of nitrogens with two attached hydrogens (primary N) is 1. The molecule has 0 aliphatic rings. The van der Waals surface area contributed by atoms with Crippen LogP contribution in [0.1, 0.15) is 5.69 Å². The van der Waals surface area contributed by atoms with Crippen LogP contribution in [-0.4, -0.2) is 4.98 Å². The van der Waals surface area contributed by atoms with Gasteiger partial charge >= 0.3 is 0 Å². The molecule has 0 saturated heterocycles. The first-order chi connectivity index (χ1) is 6.16. The average Bonchev–Trinajstić information content (AvgIpc) is 2.02. The summed E-state index contributed by atoms with van der Waals surface area (Å²) in [5.74, 6) is 0. The van der Waals surface area contributed by atoms with Gasteiger partial charge in [0.15, 0.2) is 0 Å². The molecule has 0 saturated carbocycles. The Kier molecular flexibility index (Phi) is 1.96. The summed E-state index contributed by atoms with van der Waals surface area (Å²) in [6.07, 6.45) is 0. The lowest BCUT2D eigenvalue weighted by molar-refractivity contribution is 1.26. The molecule has 2 N–H and O–H groups in total. The molecule has 3 heteroatoms. The molecule has 0 amide bonds. The second-order valence-corrected chi connectivity index (χ2v) is 3.93. The van der Waals surface area contributed by atoms with Crippen LogP contribution in [0.2, 0.25) is 0 Å². The van der Waals surface area contributed by atoms with Gasteiger partial charge in [-0.1, -0.05) is 15.9 Å². The van der Waals surface area contributed by atoms with E-state index >= 15 is 0 Å². The summed E-state index contributed by atoms with van der Waals surface area (Å²) >= 11 is 3.40. The molecule has 0 radical (unpaired) electrons. The number of pyridine rings is 1. The van der Waals surface area contributed by atoms with Crippen molar-refractivity contribution in [3.63, 3.8) is 0 Å². The molecular formula is C10H9BrN2. The van der Waals surface area contributed by atoms with Gasteiger partial charge < -0.3 is 5.73 Å². The van der Waals surface area contributed by atoms with Crippen LogP contribution in [0.3, 0.4) is 0 Å². The Labute approximate surface area is 84.9 Å². The van der Waals surface area contributed by atoms with Crippen molar-refractivity contribution in [1.29, 1.82) is 0 Å². The fourth-order valence-electron chi connectivity index (χ4n) is 1.37. The van der Waals surface area contributed by atoms with Gasteiger partial charge in [0.1, 0.15) is 0 Å². The lowest BCUT2D eigenvalue weighted by Gasteiger charge is -2.03. The molecule has 0 unspecified atom stereocenters. The fraction of sp³-hybridized carbons (Fsp3) is 0.100. The van der Waals surface area contributed by atoms with Crippen LogP contribution in [0.15, 0.2) is 28.7 Å². The molecule has 0 spiro atoms. The molecule has 2 aromatic rings. The van der Waals surface area contributed by atoms with Crippen molar-refractivity contribution in [3.8, 4) is 0 Å². The minimum absolute atomic E-state index is 0.787. The summed E-state index contributed by atoms with van der Waals surface area (Å²) in [5, 5.41) is 1.01. The smallest absolute Gasteiger partial charge is 0.0737 e. The number of nitrogen functional groups attached to an aromatic ring is 1. The zero-order valence-corrected chi connectivity index (χ0v) is 8.80. The van der Waals surface area contributed by atoms with Crippen LogP contribution in [0.25, 0.3) is 10.9 Å². The van der Waals surface area contributed by atoms with E-state index in [1.807, 2.05) is 31.2 Å². The first-order valence-electron chi connectivity index (χ1n) is 3.99. The number of rotatable bonds is 0. The van der Waals surface area contributed by atoms with Gasteiger partial charge in [0.25, 0.3) is 0 Å². The second kappa shape index (κ2) is 3.00. The zero-order valence-electron chi connectivity index (χ0n) is 7.21. The van der Waals surface area contributed by atoms with Gasteiger partial charge in [-0.2, -0.15) is 0 Å². The quantitative estimate of drug-likeness (QED) is 0.765. The third kappa shape index (κ3) is 1.52. The van der Waals surface area contributed by atoms with Crippen molar-refractivity contribution < 1.29 is 0 Å². The molecule has 0 atom stereocenters. The summed E-state index contributed by atoms with van der Waals surface area (Å²) < 4.78 is 1.03. The lowest BCUT2D eigenvalue weighted by Crippen LogP contribution is -1.91. The van der Waals surface area contributed by atoms with E-state index in [9.17, 15) is 0 Å². The molecule has 66 valence electrons. The van der Waals surface area contributed by atoms with Crippen LogP contribution in [0.4, 0.5) is 5.69 Å². The molecule has 2 rings (SSSR count). The maximum Gasteiger partial charge on any atom is 0.0737 e. The highest BCUT2D eigenvalue weighted by atomic mass is 79.9. The minimum atomic E-state index is 0.787. The van der Waals surface area contributed by atoms with E-state index in [4.69, 9.17) is 5.73 Å². The molecule has 1 aromatic carbocycles. The number of aromatic nitrogens is 1. The van der Waals surface area contributed by atoms with Crippen molar-refractivity contribution in [1.82, 2.24) is 4.98 Å². The van der Waals surface area contributed by atoms with E-state index in [0.29, 0.717) is 0 Å². The van der Waals surface area contributed by atoms with Gasteiger partial charge in [0.05, 0.1) is 5.52 Å². The molecule has 2 nitrogen and oxygen atoms in total. The van der Waals surface area contributed by atoms with E-state index in [1.54, 1.807) is 0 Å². The summed E-state index contributed by atoms with van der Waals surface area (Å²) in [6.45, 7) is 1.94. The molecule has 13 heavy (non-hydrogen) atoms. The van der Waals surface area contributed by atoms with Gasteiger partial charge in [0.2, 0.25) is 0 Å². The summed E-state index contributed by atoms with van der Waals surface area (Å²) in [5.41, 5.74) is 8.52. The first kappa shape index (κ1) is 8.51. The molecule has 0 bridgehead atoms. The number of aryl methyl sites for hydroxylation is 1. The topological polar surface area (TPSA) is 38.9 Å². The van der Waals surface area contributed by atoms with E-state index in [0.717, 1.165) is 26.8 Å². The Morgan fingerprint density at radius 2 is 2.08 bits per heavy atom. The predicted molar refractivity (Wildman–Crippen MR) is 58.6 cm³/mol. The van der Waals surface area contributed by atoms with Crippen molar-refractivity contribution >= 4 is 32.5 Å². The van der Waals surface area contributed by atoms with Gasteiger partial charge in [-0.05, 0) is 31.2 Å². The number of halogens is 1. The Morgan fingerprint density at radius 3 is 2.85 bits per heavy atom. The predicted octanol–water partition coefficient (Wildman–Crippen LogP) is 2.89.